The summed E-state index contributed by atoms with van der Waals surface area (Å²) in [4.78, 5) is 48.9. The van der Waals surface area contributed by atoms with Crippen LogP contribution in [0.15, 0.2) is 42.5 Å². The Morgan fingerprint density at radius 3 is 2.31 bits per heavy atom. The van der Waals surface area contributed by atoms with E-state index in [1.54, 1.807) is 19.1 Å². The molecule has 9 nitrogen and oxygen atoms in total. The van der Waals surface area contributed by atoms with E-state index >= 15 is 0 Å². The van der Waals surface area contributed by atoms with Gasteiger partial charge < -0.3 is 26.2 Å². The fourth-order valence-electron chi connectivity index (χ4n) is 3.26. The summed E-state index contributed by atoms with van der Waals surface area (Å²) >= 11 is 18.1. The van der Waals surface area contributed by atoms with Crippen molar-refractivity contribution in [3.63, 3.8) is 0 Å². The second-order valence-electron chi connectivity index (χ2n) is 8.33. The molecule has 0 aromatic heterocycles. The number of aromatic hydroxyl groups is 1. The van der Waals surface area contributed by atoms with E-state index in [0.717, 1.165) is 0 Å². The van der Waals surface area contributed by atoms with Gasteiger partial charge in [-0.05, 0) is 49.2 Å². The lowest BCUT2D eigenvalue weighted by molar-refractivity contribution is -0.139. The maximum Gasteiger partial charge on any atom is 0.328 e. The van der Waals surface area contributed by atoms with Crippen LogP contribution in [0.1, 0.15) is 39.6 Å². The lowest BCUT2D eigenvalue weighted by atomic mass is 10.1. The smallest absolute Gasteiger partial charge is 0.328 e. The Morgan fingerprint density at radius 1 is 1.06 bits per heavy atom. The number of carboxylic acid groups (broad SMARTS) is 1. The van der Waals surface area contributed by atoms with E-state index in [4.69, 9.17) is 34.8 Å². The van der Waals surface area contributed by atoms with Gasteiger partial charge in [0.05, 0.1) is 16.0 Å². The Morgan fingerprint density at radius 2 is 1.74 bits per heavy atom. The van der Waals surface area contributed by atoms with Crippen LogP contribution in [0.25, 0.3) is 0 Å². The predicted octanol–water partition coefficient (Wildman–Crippen LogP) is 2.86. The molecule has 3 rings (SSSR count). The quantitative estimate of drug-likeness (QED) is 0.308. The van der Waals surface area contributed by atoms with Crippen LogP contribution in [0, 0.1) is 5.41 Å². The first-order valence-corrected chi connectivity index (χ1v) is 11.5. The van der Waals surface area contributed by atoms with Gasteiger partial charge in [0, 0.05) is 18.7 Å². The zero-order valence-electron chi connectivity index (χ0n) is 18.4. The summed E-state index contributed by atoms with van der Waals surface area (Å²) in [6.45, 7) is 1.32. The molecular weight excluding hydrogens is 521 g/mol. The zero-order valence-corrected chi connectivity index (χ0v) is 20.7. The average molecular weight is 543 g/mol. The molecule has 1 aliphatic carbocycles. The van der Waals surface area contributed by atoms with Crippen LogP contribution in [0.3, 0.4) is 0 Å². The van der Waals surface area contributed by atoms with Crippen molar-refractivity contribution >= 4 is 58.5 Å². The number of carbonyl (C=O) groups excluding carboxylic acids is 3. The summed E-state index contributed by atoms with van der Waals surface area (Å²) in [5.41, 5.74) is -0.227. The number of hydrogen-bond acceptors (Lipinski definition) is 5. The molecule has 2 aromatic rings. The van der Waals surface area contributed by atoms with Gasteiger partial charge in [0.1, 0.15) is 16.1 Å². The van der Waals surface area contributed by atoms with Crippen molar-refractivity contribution in [2.24, 2.45) is 5.41 Å². The van der Waals surface area contributed by atoms with Crippen molar-refractivity contribution in [2.45, 2.75) is 30.3 Å². The first kappa shape index (κ1) is 26.6. The van der Waals surface area contributed by atoms with E-state index < -0.39 is 46.0 Å². The third-order valence-corrected chi connectivity index (χ3v) is 7.08. The maximum absolute atomic E-state index is 12.6. The van der Waals surface area contributed by atoms with E-state index in [1.807, 2.05) is 0 Å². The van der Waals surface area contributed by atoms with Gasteiger partial charge in [-0.2, -0.15) is 0 Å². The molecule has 35 heavy (non-hydrogen) atoms. The summed E-state index contributed by atoms with van der Waals surface area (Å²) in [6.07, 6.45) is 0.225. The Balaban J connectivity index is 1.60. The molecule has 0 saturated heterocycles. The Bertz CT molecular complexity index is 1190. The minimum Gasteiger partial charge on any atom is -0.508 e. The molecule has 186 valence electrons. The molecule has 3 amide bonds. The van der Waals surface area contributed by atoms with E-state index in [-0.39, 0.29) is 34.9 Å². The summed E-state index contributed by atoms with van der Waals surface area (Å²) in [6, 6.07) is 8.88. The summed E-state index contributed by atoms with van der Waals surface area (Å²) in [5.74, 6) is -3.09. The SMILES string of the molecule is CC1(C(=O)NC[C@H](NC(=O)c2ccc(C(=O)NCc3cccc(O)c3)cc2Cl)C(=O)O)CC1(Cl)Cl. The van der Waals surface area contributed by atoms with Crippen molar-refractivity contribution in [2.75, 3.05) is 6.54 Å². The van der Waals surface area contributed by atoms with Gasteiger partial charge in [0.2, 0.25) is 5.91 Å². The van der Waals surface area contributed by atoms with Crippen molar-refractivity contribution in [3.8, 4) is 5.75 Å². The van der Waals surface area contributed by atoms with Gasteiger partial charge in [-0.1, -0.05) is 23.7 Å². The molecule has 2 aromatic carbocycles. The summed E-state index contributed by atoms with van der Waals surface area (Å²) in [5, 5.41) is 26.3. The molecule has 1 unspecified atom stereocenters. The van der Waals surface area contributed by atoms with Gasteiger partial charge >= 0.3 is 5.97 Å². The van der Waals surface area contributed by atoms with Gasteiger partial charge in [-0.15, -0.1) is 23.2 Å². The molecule has 0 radical (unpaired) electrons. The molecule has 1 saturated carbocycles. The zero-order chi connectivity index (χ0) is 26.0. The highest BCUT2D eigenvalue weighted by Gasteiger charge is 2.67. The number of carbonyl (C=O) groups is 4. The molecule has 0 bridgehead atoms. The Hall–Kier alpha value is -3.01. The lowest BCUT2D eigenvalue weighted by Gasteiger charge is -2.18. The van der Waals surface area contributed by atoms with Crippen molar-refractivity contribution in [1.82, 2.24) is 16.0 Å². The highest BCUT2D eigenvalue weighted by atomic mass is 35.5. The minimum absolute atomic E-state index is 0.0523. The van der Waals surface area contributed by atoms with Crippen LogP contribution >= 0.6 is 34.8 Å². The number of aliphatic carboxylic acids is 1. The number of phenolic OH excluding ortho intramolecular Hbond substituents is 1. The minimum atomic E-state index is -1.45. The third-order valence-electron chi connectivity index (χ3n) is 5.67. The van der Waals surface area contributed by atoms with Gasteiger partial charge in [0.15, 0.2) is 0 Å². The fourth-order valence-corrected chi connectivity index (χ4v) is 4.24. The van der Waals surface area contributed by atoms with Crippen LogP contribution in [0.5, 0.6) is 5.75 Å². The largest absolute Gasteiger partial charge is 0.508 e. The molecule has 1 aliphatic rings. The number of halogens is 3. The highest BCUT2D eigenvalue weighted by Crippen LogP contribution is 2.63. The number of rotatable bonds is 9. The number of hydrogen-bond donors (Lipinski definition) is 5. The van der Waals surface area contributed by atoms with Crippen LogP contribution in [-0.2, 0) is 16.1 Å². The van der Waals surface area contributed by atoms with E-state index in [2.05, 4.69) is 16.0 Å². The molecule has 12 heteroatoms. The first-order valence-electron chi connectivity index (χ1n) is 10.4. The van der Waals surface area contributed by atoms with Crippen LogP contribution in [0.4, 0.5) is 0 Å². The molecule has 0 heterocycles. The second-order valence-corrected chi connectivity index (χ2v) is 10.2. The lowest BCUT2D eigenvalue weighted by Crippen LogP contribution is -2.49. The number of carboxylic acids is 1. The Labute approximate surface area is 215 Å². The Kier molecular flexibility index (Phi) is 7.83. The summed E-state index contributed by atoms with van der Waals surface area (Å²) in [7, 11) is 0. The first-order chi connectivity index (χ1) is 16.3. The van der Waals surface area contributed by atoms with Gasteiger partial charge in [-0.25, -0.2) is 4.79 Å². The molecule has 1 fully saturated rings. The number of phenols is 1. The average Bonchev–Trinajstić information content (AvgIpc) is 3.32. The number of benzene rings is 2. The van der Waals surface area contributed by atoms with Crippen LogP contribution < -0.4 is 16.0 Å². The molecule has 0 aliphatic heterocycles. The summed E-state index contributed by atoms with van der Waals surface area (Å²) < 4.78 is -1.22. The standard InChI is InChI=1S/C23H22Cl3N3O6/c1-22(11-23(22,25)26)21(35)28-10-17(20(33)34)29-19(32)15-6-5-13(8-16(15)24)18(31)27-9-12-3-2-4-14(30)7-12/h2-8,17,30H,9-11H2,1H3,(H,27,31)(H,28,35)(H,29,32)(H,33,34)/t17-,22?/m0/s1. The van der Waals surface area contributed by atoms with Gasteiger partial charge in [0.25, 0.3) is 11.8 Å². The topological polar surface area (TPSA) is 145 Å². The van der Waals surface area contributed by atoms with E-state index in [1.165, 1.54) is 30.3 Å². The van der Waals surface area contributed by atoms with Gasteiger partial charge in [-0.3, -0.25) is 14.4 Å². The molecule has 2 atom stereocenters. The third kappa shape index (κ3) is 6.17. The molecule has 0 spiro atoms. The predicted molar refractivity (Wildman–Crippen MR) is 130 cm³/mol. The highest BCUT2D eigenvalue weighted by molar-refractivity contribution is 6.53. The number of nitrogens with one attached hydrogen (secondary N) is 3. The number of amides is 3. The molecule has 5 N–H and O–H groups in total. The second kappa shape index (κ2) is 10.3. The van der Waals surface area contributed by atoms with Crippen molar-refractivity contribution in [1.29, 1.82) is 0 Å². The van der Waals surface area contributed by atoms with Crippen LogP contribution in [0.2, 0.25) is 5.02 Å². The normalized spacial score (nSPS) is 18.7. The van der Waals surface area contributed by atoms with Crippen molar-refractivity contribution in [3.05, 3.63) is 64.2 Å². The van der Waals surface area contributed by atoms with Crippen molar-refractivity contribution < 1.29 is 29.4 Å². The van der Waals surface area contributed by atoms with E-state index in [9.17, 15) is 29.4 Å². The monoisotopic (exact) mass is 541 g/mol. The van der Waals surface area contributed by atoms with Crippen LogP contribution in [-0.4, -0.2) is 50.8 Å². The molecular formula is C23H22Cl3N3O6. The number of alkyl halides is 2. The van der Waals surface area contributed by atoms with E-state index in [0.29, 0.717) is 5.56 Å². The maximum atomic E-state index is 12.6. The fraction of sp³-hybridized carbons (Fsp3) is 0.304.